The van der Waals surface area contributed by atoms with Crippen molar-refractivity contribution in [3.8, 4) is 24.7 Å². The van der Waals surface area contributed by atoms with Gasteiger partial charge in [-0.3, -0.25) is 0 Å². The number of ether oxygens (including phenoxy) is 2. The second kappa shape index (κ2) is 7.36. The summed E-state index contributed by atoms with van der Waals surface area (Å²) in [4.78, 5) is 22.1. The van der Waals surface area contributed by atoms with E-state index in [0.29, 0.717) is 0 Å². The van der Waals surface area contributed by atoms with Crippen LogP contribution >= 0.6 is 0 Å². The molecule has 0 aliphatic rings. The van der Waals surface area contributed by atoms with Crippen LogP contribution in [-0.2, 0) is 19.1 Å². The molecule has 0 aromatic rings. The molecule has 2 atom stereocenters. The molecule has 86 valence electrons. The molecule has 0 aromatic carbocycles. The Balaban J connectivity index is 3.89. The van der Waals surface area contributed by atoms with Gasteiger partial charge in [0.1, 0.15) is 13.2 Å². The van der Waals surface area contributed by atoms with Gasteiger partial charge < -0.3 is 9.47 Å². The van der Waals surface area contributed by atoms with Gasteiger partial charge in [0.25, 0.3) is 0 Å². The van der Waals surface area contributed by atoms with E-state index in [1.165, 1.54) is 0 Å². The van der Waals surface area contributed by atoms with Gasteiger partial charge >= 0.3 is 11.9 Å². The Morgan fingerprint density at radius 3 is 1.56 bits per heavy atom. The molecule has 2 unspecified atom stereocenters. The Bertz CT molecular complexity index is 298. The monoisotopic (exact) mass is 222 g/mol. The first-order valence-electron chi connectivity index (χ1n) is 4.77. The average Bonchev–Trinajstić information content (AvgIpc) is 2.31. The lowest BCUT2D eigenvalue weighted by Gasteiger charge is -2.07. The standard InChI is InChI=1S/C12H14O4/c1-5-9(3)7-15-11(13)12(14)16-8-10(4)6-2/h1-2,9-10H,7-8H2,3-4H3. The molecule has 0 heterocycles. The molecule has 0 aliphatic carbocycles. The summed E-state index contributed by atoms with van der Waals surface area (Å²) in [5, 5.41) is 0. The maximum Gasteiger partial charge on any atom is 0.417 e. The van der Waals surface area contributed by atoms with Gasteiger partial charge in [-0.05, 0) is 13.8 Å². The number of carbonyl (C=O) groups excluding carboxylic acids is 2. The predicted molar refractivity (Wildman–Crippen MR) is 57.9 cm³/mol. The van der Waals surface area contributed by atoms with Crippen molar-refractivity contribution in [2.75, 3.05) is 13.2 Å². The molecule has 0 rings (SSSR count). The van der Waals surface area contributed by atoms with Crippen molar-refractivity contribution in [3.63, 3.8) is 0 Å². The molecule has 0 aliphatic heterocycles. The van der Waals surface area contributed by atoms with E-state index in [-0.39, 0.29) is 25.0 Å². The fourth-order valence-electron chi connectivity index (χ4n) is 0.615. The van der Waals surface area contributed by atoms with Crippen molar-refractivity contribution in [1.29, 1.82) is 0 Å². The van der Waals surface area contributed by atoms with E-state index in [9.17, 15) is 9.59 Å². The third-order valence-electron chi connectivity index (χ3n) is 1.66. The Hall–Kier alpha value is -1.94. The molecule has 4 nitrogen and oxygen atoms in total. The first kappa shape index (κ1) is 14.1. The minimum absolute atomic E-state index is 0.00484. The van der Waals surface area contributed by atoms with Crippen LogP contribution in [-0.4, -0.2) is 25.2 Å². The van der Waals surface area contributed by atoms with E-state index in [1.807, 2.05) is 0 Å². The van der Waals surface area contributed by atoms with Crippen LogP contribution < -0.4 is 0 Å². The second-order valence-electron chi connectivity index (χ2n) is 3.33. The molecule has 0 amide bonds. The van der Waals surface area contributed by atoms with Crippen molar-refractivity contribution < 1.29 is 19.1 Å². The summed E-state index contributed by atoms with van der Waals surface area (Å²) in [6, 6.07) is 0. The van der Waals surface area contributed by atoms with Gasteiger partial charge in [-0.1, -0.05) is 0 Å². The van der Waals surface area contributed by atoms with Crippen LogP contribution in [0.25, 0.3) is 0 Å². The molecular formula is C12H14O4. The molecule has 0 N–H and O–H groups in total. The van der Waals surface area contributed by atoms with Crippen molar-refractivity contribution in [2.24, 2.45) is 11.8 Å². The van der Waals surface area contributed by atoms with Crippen LogP contribution in [0.3, 0.4) is 0 Å². The fraction of sp³-hybridized carbons (Fsp3) is 0.500. The first-order valence-corrected chi connectivity index (χ1v) is 4.77. The van der Waals surface area contributed by atoms with Gasteiger partial charge in [-0.2, -0.15) is 0 Å². The number of hydrogen-bond acceptors (Lipinski definition) is 4. The van der Waals surface area contributed by atoms with Crippen LogP contribution in [0.4, 0.5) is 0 Å². The molecule has 0 radical (unpaired) electrons. The molecular weight excluding hydrogens is 208 g/mol. The minimum Gasteiger partial charge on any atom is -0.456 e. The molecule has 4 heteroatoms. The van der Waals surface area contributed by atoms with Gasteiger partial charge in [-0.25, -0.2) is 9.59 Å². The third-order valence-corrected chi connectivity index (χ3v) is 1.66. The van der Waals surface area contributed by atoms with E-state index in [4.69, 9.17) is 12.8 Å². The van der Waals surface area contributed by atoms with Crippen LogP contribution in [0, 0.1) is 36.5 Å². The van der Waals surface area contributed by atoms with E-state index in [1.54, 1.807) is 13.8 Å². The molecule has 0 bridgehead atoms. The second-order valence-corrected chi connectivity index (χ2v) is 3.33. The van der Waals surface area contributed by atoms with Crippen molar-refractivity contribution in [2.45, 2.75) is 13.8 Å². The summed E-state index contributed by atoms with van der Waals surface area (Å²) in [6.45, 7) is 3.38. The molecule has 0 fully saturated rings. The lowest BCUT2D eigenvalue weighted by Crippen LogP contribution is -2.24. The molecule has 16 heavy (non-hydrogen) atoms. The summed E-state index contributed by atoms with van der Waals surface area (Å²) in [5.74, 6) is 2.16. The summed E-state index contributed by atoms with van der Waals surface area (Å²) in [5.41, 5.74) is 0. The number of rotatable bonds is 4. The Labute approximate surface area is 95.3 Å². The van der Waals surface area contributed by atoms with Gasteiger partial charge in [0.05, 0.1) is 11.8 Å². The molecule has 0 spiro atoms. The van der Waals surface area contributed by atoms with E-state index in [2.05, 4.69) is 21.3 Å². The highest BCUT2D eigenvalue weighted by Gasteiger charge is 2.18. The number of terminal acetylenes is 2. The normalized spacial score (nSPS) is 12.8. The minimum atomic E-state index is -1.05. The molecule has 0 saturated heterocycles. The summed E-state index contributed by atoms with van der Waals surface area (Å²) < 4.78 is 9.23. The highest BCUT2D eigenvalue weighted by Crippen LogP contribution is 1.97. The summed E-state index contributed by atoms with van der Waals surface area (Å²) in [7, 11) is 0. The van der Waals surface area contributed by atoms with Crippen molar-refractivity contribution >= 4 is 11.9 Å². The predicted octanol–water partition coefficient (Wildman–Crippen LogP) is 0.611. The Morgan fingerprint density at radius 1 is 1.00 bits per heavy atom. The Kier molecular flexibility index (Phi) is 6.47. The van der Waals surface area contributed by atoms with Crippen molar-refractivity contribution in [3.05, 3.63) is 0 Å². The third kappa shape index (κ3) is 5.72. The van der Waals surface area contributed by atoms with Crippen molar-refractivity contribution in [1.82, 2.24) is 0 Å². The number of hydrogen-bond donors (Lipinski definition) is 0. The molecule has 0 aromatic heterocycles. The summed E-state index contributed by atoms with van der Waals surface area (Å²) in [6.07, 6.45) is 10.1. The van der Waals surface area contributed by atoms with Crippen LogP contribution in [0.5, 0.6) is 0 Å². The van der Waals surface area contributed by atoms with Gasteiger partial charge in [-0.15, -0.1) is 24.7 Å². The summed E-state index contributed by atoms with van der Waals surface area (Å²) >= 11 is 0. The topological polar surface area (TPSA) is 52.6 Å². The zero-order valence-electron chi connectivity index (χ0n) is 9.36. The highest BCUT2D eigenvalue weighted by molar-refractivity contribution is 6.29. The average molecular weight is 222 g/mol. The molecule has 0 saturated carbocycles. The maximum absolute atomic E-state index is 11.0. The smallest absolute Gasteiger partial charge is 0.417 e. The zero-order valence-corrected chi connectivity index (χ0v) is 9.36. The van der Waals surface area contributed by atoms with Crippen LogP contribution in [0.2, 0.25) is 0 Å². The fourth-order valence-corrected chi connectivity index (χ4v) is 0.615. The van der Waals surface area contributed by atoms with Crippen LogP contribution in [0.1, 0.15) is 13.8 Å². The quantitative estimate of drug-likeness (QED) is 0.397. The van der Waals surface area contributed by atoms with Gasteiger partial charge in [0, 0.05) is 0 Å². The first-order chi connectivity index (χ1) is 7.51. The van der Waals surface area contributed by atoms with E-state index in [0.717, 1.165) is 0 Å². The van der Waals surface area contributed by atoms with Gasteiger partial charge in [0.15, 0.2) is 0 Å². The number of esters is 2. The maximum atomic E-state index is 11.0. The zero-order chi connectivity index (χ0) is 12.6. The van der Waals surface area contributed by atoms with E-state index < -0.39 is 11.9 Å². The lowest BCUT2D eigenvalue weighted by atomic mass is 10.2. The largest absolute Gasteiger partial charge is 0.456 e. The lowest BCUT2D eigenvalue weighted by molar-refractivity contribution is -0.168. The van der Waals surface area contributed by atoms with Gasteiger partial charge in [0.2, 0.25) is 0 Å². The van der Waals surface area contributed by atoms with E-state index >= 15 is 0 Å². The highest BCUT2D eigenvalue weighted by atomic mass is 16.6. The number of carbonyl (C=O) groups is 2. The van der Waals surface area contributed by atoms with Crippen LogP contribution in [0.15, 0.2) is 0 Å². The SMILES string of the molecule is C#CC(C)COC(=O)C(=O)OCC(C)C#C. The Morgan fingerprint density at radius 2 is 1.31 bits per heavy atom.